The molecule has 7 nitrogen and oxygen atoms in total. The molecule has 2 aliphatic rings. The molecule has 1 aliphatic heterocycles. The topological polar surface area (TPSA) is 89.4 Å². The Balaban J connectivity index is 1.15. The predicted molar refractivity (Wildman–Crippen MR) is 127 cm³/mol. The normalized spacial score (nSPS) is 20.1. The fourth-order valence-electron chi connectivity index (χ4n) is 4.75. The van der Waals surface area contributed by atoms with Crippen LogP contribution < -0.4 is 5.32 Å². The Morgan fingerprint density at radius 3 is 2.31 bits per heavy atom. The van der Waals surface area contributed by atoms with E-state index in [1.54, 1.807) is 6.07 Å². The molecule has 0 atom stereocenters. The smallest absolute Gasteiger partial charge is 0.337 e. The molecule has 0 saturated heterocycles. The van der Waals surface area contributed by atoms with E-state index in [4.69, 9.17) is 4.84 Å². The second-order valence-electron chi connectivity index (χ2n) is 9.20. The van der Waals surface area contributed by atoms with Crippen LogP contribution in [-0.2, 0) is 15.8 Å². The number of oxime groups is 1. The summed E-state index contributed by atoms with van der Waals surface area (Å²) < 4.78 is 38.0. The summed E-state index contributed by atoms with van der Waals surface area (Å²) in [5, 5.41) is 15.2. The number of aromatic nitrogens is 3. The van der Waals surface area contributed by atoms with Crippen LogP contribution in [0.4, 0.5) is 24.7 Å². The van der Waals surface area contributed by atoms with E-state index in [2.05, 4.69) is 37.8 Å². The van der Waals surface area contributed by atoms with Crippen LogP contribution in [0.15, 0.2) is 59.9 Å². The zero-order chi connectivity index (χ0) is 25.1. The number of anilines is 2. The van der Waals surface area contributed by atoms with Gasteiger partial charge in [-0.3, -0.25) is 0 Å². The lowest BCUT2D eigenvalue weighted by atomic mass is 9.76. The third-order valence-electron chi connectivity index (χ3n) is 6.66. The highest BCUT2D eigenvalue weighted by Gasteiger charge is 2.32. The molecular formula is C26H24F3N5O2. The molecule has 3 aromatic rings. The minimum atomic E-state index is -4.47. The number of hydrogen-bond acceptors (Lipinski definition) is 7. The Hall–Kier alpha value is -3.82. The summed E-state index contributed by atoms with van der Waals surface area (Å²) in [5.41, 5.74) is 3.25. The molecule has 1 N–H and O–H groups in total. The van der Waals surface area contributed by atoms with Crippen LogP contribution in [0.1, 0.15) is 55.7 Å². The Morgan fingerprint density at radius 2 is 1.72 bits per heavy atom. The third kappa shape index (κ3) is 5.69. The molecule has 1 aliphatic carbocycles. The summed E-state index contributed by atoms with van der Waals surface area (Å²) in [5.74, 6) is 1.21. The lowest BCUT2D eigenvalue weighted by molar-refractivity contribution is -0.141. The molecule has 1 saturated carbocycles. The average molecular weight is 496 g/mol. The fourth-order valence-corrected chi connectivity index (χ4v) is 4.75. The summed E-state index contributed by atoms with van der Waals surface area (Å²) in [6.07, 6.45) is 2.23. The van der Waals surface area contributed by atoms with Crippen LogP contribution in [-0.4, -0.2) is 26.9 Å². The number of rotatable bonds is 6. The molecule has 10 heteroatoms. The number of benzene rings is 1. The number of hydrogen-bond donors (Lipinski definition) is 1. The first-order valence-corrected chi connectivity index (χ1v) is 11.8. The quantitative estimate of drug-likeness (QED) is 0.406. The highest BCUT2D eigenvalue weighted by Crippen LogP contribution is 2.38. The average Bonchev–Trinajstić information content (AvgIpc) is 3.29. The summed E-state index contributed by atoms with van der Waals surface area (Å²) in [4.78, 5) is 19.3. The molecule has 0 spiro atoms. The van der Waals surface area contributed by atoms with Gasteiger partial charge in [0.25, 0.3) is 0 Å². The molecule has 186 valence electrons. The van der Waals surface area contributed by atoms with E-state index in [1.165, 1.54) is 11.6 Å². The predicted octanol–water partition coefficient (Wildman–Crippen LogP) is 6.27. The molecule has 1 fully saturated rings. The number of nitrogens with zero attached hydrogens (tertiary/aromatic N) is 4. The molecule has 36 heavy (non-hydrogen) atoms. The SMILES string of the molecule is O=C1CC(CC2CCC(c3ccc(-c4ccc(Nc5ccc(C(F)(F)F)nc5)nn4)cc3)CC2)=NO1. The Kier molecular flexibility index (Phi) is 6.67. The van der Waals surface area contributed by atoms with Gasteiger partial charge in [0, 0.05) is 5.56 Å². The molecule has 1 aromatic carbocycles. The van der Waals surface area contributed by atoms with Gasteiger partial charge in [-0.05, 0) is 73.8 Å². The van der Waals surface area contributed by atoms with Crippen molar-refractivity contribution in [2.75, 3.05) is 5.32 Å². The Bertz CT molecular complexity index is 1230. The Morgan fingerprint density at radius 1 is 0.944 bits per heavy atom. The van der Waals surface area contributed by atoms with Gasteiger partial charge in [-0.2, -0.15) is 13.2 Å². The lowest BCUT2D eigenvalue weighted by Gasteiger charge is -2.28. The molecule has 0 radical (unpaired) electrons. The van der Waals surface area contributed by atoms with E-state index in [-0.39, 0.29) is 5.97 Å². The summed E-state index contributed by atoms with van der Waals surface area (Å²) in [6.45, 7) is 0. The van der Waals surface area contributed by atoms with E-state index in [9.17, 15) is 18.0 Å². The van der Waals surface area contributed by atoms with Crippen molar-refractivity contribution < 1.29 is 22.8 Å². The van der Waals surface area contributed by atoms with Crippen molar-refractivity contribution >= 4 is 23.2 Å². The Labute approximate surface area is 205 Å². The highest BCUT2D eigenvalue weighted by atomic mass is 19.4. The van der Waals surface area contributed by atoms with Crippen LogP contribution >= 0.6 is 0 Å². The number of carbonyl (C=O) groups excluding carboxylic acids is 1. The van der Waals surface area contributed by atoms with Gasteiger partial charge >= 0.3 is 12.1 Å². The van der Waals surface area contributed by atoms with Crippen LogP contribution in [0, 0.1) is 5.92 Å². The van der Waals surface area contributed by atoms with E-state index < -0.39 is 11.9 Å². The maximum atomic E-state index is 12.7. The van der Waals surface area contributed by atoms with E-state index in [1.807, 2.05) is 18.2 Å². The van der Waals surface area contributed by atoms with Gasteiger partial charge in [-0.15, -0.1) is 10.2 Å². The van der Waals surface area contributed by atoms with Crippen molar-refractivity contribution in [2.45, 2.75) is 50.6 Å². The van der Waals surface area contributed by atoms with Crippen molar-refractivity contribution in [3.8, 4) is 11.3 Å². The number of pyridine rings is 1. The highest BCUT2D eigenvalue weighted by molar-refractivity contribution is 6.01. The van der Waals surface area contributed by atoms with Crippen LogP contribution in [0.2, 0.25) is 0 Å². The van der Waals surface area contributed by atoms with E-state index in [0.717, 1.165) is 55.6 Å². The molecule has 3 heterocycles. The second-order valence-corrected chi connectivity index (χ2v) is 9.20. The molecule has 0 unspecified atom stereocenters. The zero-order valence-electron chi connectivity index (χ0n) is 19.3. The number of carbonyl (C=O) groups is 1. The van der Waals surface area contributed by atoms with Gasteiger partial charge in [0.1, 0.15) is 5.69 Å². The molecule has 0 amide bonds. The van der Waals surface area contributed by atoms with Gasteiger partial charge in [0.15, 0.2) is 5.82 Å². The van der Waals surface area contributed by atoms with Gasteiger partial charge in [0.05, 0.1) is 29.7 Å². The molecule has 5 rings (SSSR count). The van der Waals surface area contributed by atoms with Crippen molar-refractivity contribution in [3.63, 3.8) is 0 Å². The van der Waals surface area contributed by atoms with Gasteiger partial charge in [0.2, 0.25) is 0 Å². The summed E-state index contributed by atoms with van der Waals surface area (Å²) in [6, 6.07) is 14.1. The summed E-state index contributed by atoms with van der Waals surface area (Å²) in [7, 11) is 0. The van der Waals surface area contributed by atoms with Crippen molar-refractivity contribution in [2.24, 2.45) is 11.1 Å². The van der Waals surface area contributed by atoms with Crippen molar-refractivity contribution in [3.05, 3.63) is 66.0 Å². The number of alkyl halides is 3. The number of nitrogens with one attached hydrogen (secondary N) is 1. The number of halogens is 3. The van der Waals surface area contributed by atoms with Crippen molar-refractivity contribution in [1.82, 2.24) is 15.2 Å². The summed E-state index contributed by atoms with van der Waals surface area (Å²) >= 11 is 0. The molecule has 0 bridgehead atoms. The minimum Gasteiger partial charge on any atom is -0.337 e. The van der Waals surface area contributed by atoms with Crippen molar-refractivity contribution in [1.29, 1.82) is 0 Å². The van der Waals surface area contributed by atoms with Crippen LogP contribution in [0.3, 0.4) is 0 Å². The lowest BCUT2D eigenvalue weighted by Crippen LogP contribution is -2.16. The second kappa shape index (κ2) is 10.0. The molecule has 2 aromatic heterocycles. The first kappa shape index (κ1) is 23.9. The van der Waals surface area contributed by atoms with Crippen LogP contribution in [0.5, 0.6) is 0 Å². The zero-order valence-corrected chi connectivity index (χ0v) is 19.3. The van der Waals surface area contributed by atoms with Gasteiger partial charge in [-0.1, -0.05) is 29.4 Å². The maximum absolute atomic E-state index is 12.7. The van der Waals surface area contributed by atoms with Gasteiger partial charge in [-0.25, -0.2) is 9.78 Å². The first-order valence-electron chi connectivity index (χ1n) is 11.8. The largest absolute Gasteiger partial charge is 0.433 e. The standard InChI is InChI=1S/C26H24F3N5O2/c27-26(28,29)23-11-9-20(15-30-23)31-24-12-10-22(32-33-24)19-7-5-18(6-8-19)17-3-1-16(2-4-17)13-21-14-25(35)36-34-21/h5-12,15-17H,1-4,13-14H2,(H,31,33). The van der Waals surface area contributed by atoms with Crippen LogP contribution in [0.25, 0.3) is 11.3 Å². The minimum absolute atomic E-state index is 0.259. The monoisotopic (exact) mass is 495 g/mol. The van der Waals surface area contributed by atoms with E-state index >= 15 is 0 Å². The third-order valence-corrected chi connectivity index (χ3v) is 6.66. The maximum Gasteiger partial charge on any atom is 0.433 e. The fraction of sp³-hybridized carbons (Fsp3) is 0.346. The van der Waals surface area contributed by atoms with E-state index in [0.29, 0.717) is 35.5 Å². The molecular weight excluding hydrogens is 471 g/mol. The van der Waals surface area contributed by atoms with Gasteiger partial charge < -0.3 is 10.2 Å². The first-order chi connectivity index (χ1) is 17.3.